The molecule has 120 valence electrons. The number of allylic oxidation sites excluding steroid dienone is 1. The summed E-state index contributed by atoms with van der Waals surface area (Å²) in [5.74, 6) is 0. The largest absolute Gasteiger partial charge is 0.290 e. The van der Waals surface area contributed by atoms with Gasteiger partial charge in [-0.1, -0.05) is 18.4 Å². The van der Waals surface area contributed by atoms with Crippen LogP contribution in [0.1, 0.15) is 81.1 Å². The first-order valence-corrected chi connectivity index (χ1v) is 8.25. The van der Waals surface area contributed by atoms with Crippen LogP contribution in [-0.4, -0.2) is 22.2 Å². The maximum atomic E-state index is 6.39. The van der Waals surface area contributed by atoms with Crippen molar-refractivity contribution in [1.82, 2.24) is 5.06 Å². The summed E-state index contributed by atoms with van der Waals surface area (Å²) >= 11 is 0. The summed E-state index contributed by atoms with van der Waals surface area (Å²) < 4.78 is 0. The first-order chi connectivity index (χ1) is 9.60. The van der Waals surface area contributed by atoms with Gasteiger partial charge in [0.1, 0.15) is 6.10 Å². The van der Waals surface area contributed by atoms with Crippen molar-refractivity contribution in [1.29, 1.82) is 0 Å². The molecule has 1 fully saturated rings. The average molecular weight is 291 g/mol. The topological polar surface area (TPSA) is 12.5 Å². The molecule has 1 saturated heterocycles. The van der Waals surface area contributed by atoms with E-state index in [1.165, 1.54) is 24.8 Å². The van der Waals surface area contributed by atoms with E-state index < -0.39 is 0 Å². The fraction of sp³-hybridized carbons (Fsp3) is 0.789. The molecular weight excluding hydrogens is 258 g/mol. The van der Waals surface area contributed by atoms with Crippen LogP contribution in [-0.2, 0) is 4.84 Å². The van der Waals surface area contributed by atoms with Crippen molar-refractivity contribution in [2.75, 3.05) is 0 Å². The lowest BCUT2D eigenvalue weighted by molar-refractivity contribution is -0.295. The zero-order chi connectivity index (χ0) is 16.3. The van der Waals surface area contributed by atoms with E-state index >= 15 is 0 Å². The van der Waals surface area contributed by atoms with E-state index in [9.17, 15) is 0 Å². The molecule has 0 aromatic carbocycles. The lowest BCUT2D eigenvalue weighted by atomic mass is 9.82. The molecule has 0 radical (unpaired) electrons. The van der Waals surface area contributed by atoms with Crippen LogP contribution < -0.4 is 0 Å². The van der Waals surface area contributed by atoms with Gasteiger partial charge in [0.25, 0.3) is 0 Å². The summed E-state index contributed by atoms with van der Waals surface area (Å²) in [7, 11) is 0. The molecule has 0 spiro atoms. The Morgan fingerprint density at radius 1 is 1.10 bits per heavy atom. The quantitative estimate of drug-likeness (QED) is 0.642. The van der Waals surface area contributed by atoms with Crippen LogP contribution in [0.3, 0.4) is 0 Å². The fourth-order valence-electron chi connectivity index (χ4n) is 3.17. The molecule has 1 rings (SSSR count). The van der Waals surface area contributed by atoms with Crippen LogP contribution in [0.15, 0.2) is 22.6 Å². The molecule has 0 amide bonds. The third-order valence-corrected chi connectivity index (χ3v) is 4.28. The van der Waals surface area contributed by atoms with Gasteiger partial charge in [0.2, 0.25) is 0 Å². The standard InChI is InChI=1S/C19H33NO/c1-9-17(12-11-15(2)3)16(4)21-20-18(5,6)13-10-14-19(20,7)8/h16H,9-10,13-14H2,1-8H3. The summed E-state index contributed by atoms with van der Waals surface area (Å²) in [6.07, 6.45) is 4.60. The Labute approximate surface area is 131 Å². The second kappa shape index (κ2) is 6.99. The summed E-state index contributed by atoms with van der Waals surface area (Å²) in [5, 5.41) is 2.23. The van der Waals surface area contributed by atoms with E-state index in [4.69, 9.17) is 4.84 Å². The third kappa shape index (κ3) is 4.87. The van der Waals surface area contributed by atoms with E-state index in [1.807, 2.05) is 13.8 Å². The van der Waals surface area contributed by atoms with Crippen molar-refractivity contribution in [3.05, 3.63) is 22.6 Å². The maximum absolute atomic E-state index is 6.39. The molecule has 1 atom stereocenters. The van der Waals surface area contributed by atoms with Crippen molar-refractivity contribution < 1.29 is 4.84 Å². The lowest BCUT2D eigenvalue weighted by Crippen LogP contribution is -2.59. The number of nitrogens with zero attached hydrogens (tertiary/aromatic N) is 1. The number of rotatable bonds is 4. The molecule has 0 aliphatic carbocycles. The van der Waals surface area contributed by atoms with Crippen LogP contribution in [0, 0.1) is 0 Å². The predicted octanol–water partition coefficient (Wildman–Crippen LogP) is 5.41. The zero-order valence-corrected chi connectivity index (χ0v) is 15.3. The molecule has 2 nitrogen and oxygen atoms in total. The second-order valence-corrected chi connectivity index (χ2v) is 7.65. The first-order valence-electron chi connectivity index (χ1n) is 8.25. The van der Waals surface area contributed by atoms with Gasteiger partial charge in [-0.2, -0.15) is 5.06 Å². The van der Waals surface area contributed by atoms with Gasteiger partial charge in [-0.05, 0) is 79.7 Å². The van der Waals surface area contributed by atoms with E-state index in [0.717, 1.165) is 12.0 Å². The highest BCUT2D eigenvalue weighted by Gasteiger charge is 2.43. The molecule has 1 aliphatic heterocycles. The van der Waals surface area contributed by atoms with E-state index in [2.05, 4.69) is 58.1 Å². The van der Waals surface area contributed by atoms with Gasteiger partial charge < -0.3 is 0 Å². The Hall–Kier alpha value is -0.780. The predicted molar refractivity (Wildman–Crippen MR) is 90.1 cm³/mol. The molecule has 0 aromatic heterocycles. The second-order valence-electron chi connectivity index (χ2n) is 7.65. The van der Waals surface area contributed by atoms with Gasteiger partial charge in [0, 0.05) is 16.7 Å². The normalized spacial score (nSPS) is 22.1. The molecule has 2 heteroatoms. The van der Waals surface area contributed by atoms with Crippen molar-refractivity contribution in [3.63, 3.8) is 0 Å². The van der Waals surface area contributed by atoms with Crippen LogP contribution in [0.4, 0.5) is 0 Å². The van der Waals surface area contributed by atoms with Gasteiger partial charge in [0.15, 0.2) is 0 Å². The van der Waals surface area contributed by atoms with Gasteiger partial charge in [-0.15, -0.1) is 0 Å². The monoisotopic (exact) mass is 291 g/mol. The highest BCUT2D eigenvalue weighted by molar-refractivity contribution is 5.08. The number of piperidine rings is 1. The molecular formula is C19H33NO. The summed E-state index contributed by atoms with van der Waals surface area (Å²) in [4.78, 5) is 6.39. The van der Waals surface area contributed by atoms with Crippen LogP contribution in [0.2, 0.25) is 0 Å². The minimum Gasteiger partial charge on any atom is -0.290 e. The fourth-order valence-corrected chi connectivity index (χ4v) is 3.17. The van der Waals surface area contributed by atoms with Crippen LogP contribution in [0.25, 0.3) is 0 Å². The Bertz CT molecular complexity index is 440. The average Bonchev–Trinajstić information content (AvgIpc) is 2.34. The molecule has 0 bridgehead atoms. The van der Waals surface area contributed by atoms with Gasteiger partial charge in [-0.25, -0.2) is 0 Å². The van der Waals surface area contributed by atoms with Crippen molar-refractivity contribution in [2.45, 2.75) is 98.3 Å². The zero-order valence-electron chi connectivity index (χ0n) is 15.3. The van der Waals surface area contributed by atoms with Crippen LogP contribution in [0.5, 0.6) is 0 Å². The van der Waals surface area contributed by atoms with Gasteiger partial charge >= 0.3 is 0 Å². The SMILES string of the molecule is CCC(=C=C=C(C)C)C(C)ON1C(C)(C)CCCC1(C)C. The Morgan fingerprint density at radius 3 is 2.05 bits per heavy atom. The summed E-state index contributed by atoms with van der Waals surface area (Å²) in [6, 6.07) is 0. The van der Waals surface area contributed by atoms with Crippen LogP contribution >= 0.6 is 0 Å². The smallest absolute Gasteiger partial charge is 0.105 e. The third-order valence-electron chi connectivity index (χ3n) is 4.28. The Morgan fingerprint density at radius 2 is 1.62 bits per heavy atom. The van der Waals surface area contributed by atoms with Crippen molar-refractivity contribution in [2.24, 2.45) is 0 Å². The molecule has 0 N–H and O–H groups in total. The molecule has 21 heavy (non-hydrogen) atoms. The van der Waals surface area contributed by atoms with Crippen molar-refractivity contribution in [3.8, 4) is 0 Å². The molecule has 1 unspecified atom stereocenters. The minimum atomic E-state index is 0.0403. The molecule has 1 aliphatic rings. The van der Waals surface area contributed by atoms with Crippen molar-refractivity contribution >= 4 is 0 Å². The molecule has 0 aromatic rings. The molecule has 1 heterocycles. The highest BCUT2D eigenvalue weighted by Crippen LogP contribution is 2.39. The number of hydrogen-bond acceptors (Lipinski definition) is 2. The maximum Gasteiger partial charge on any atom is 0.105 e. The summed E-state index contributed by atoms with van der Waals surface area (Å²) in [5.41, 5.74) is 8.95. The van der Waals surface area contributed by atoms with E-state index in [0.29, 0.717) is 0 Å². The first kappa shape index (κ1) is 18.3. The Kier molecular flexibility index (Phi) is 6.08. The lowest BCUT2D eigenvalue weighted by Gasteiger charge is -2.52. The van der Waals surface area contributed by atoms with E-state index in [1.54, 1.807) is 0 Å². The highest BCUT2D eigenvalue weighted by atomic mass is 16.7. The minimum absolute atomic E-state index is 0.0403. The summed E-state index contributed by atoms with van der Waals surface area (Å²) in [6.45, 7) is 17.5. The number of hydroxylamine groups is 2. The van der Waals surface area contributed by atoms with E-state index in [-0.39, 0.29) is 17.2 Å². The molecule has 0 saturated carbocycles. The van der Waals surface area contributed by atoms with Gasteiger partial charge in [-0.3, -0.25) is 4.84 Å². The van der Waals surface area contributed by atoms with Gasteiger partial charge in [0.05, 0.1) is 0 Å². The Balaban J connectivity index is 3.01. The number of hydrogen-bond donors (Lipinski definition) is 0.